The molecule has 26 heavy (non-hydrogen) atoms. The molecule has 0 bridgehead atoms. The average Bonchev–Trinajstić information content (AvgIpc) is 3.34. The first-order valence-corrected chi connectivity index (χ1v) is 8.15. The molecule has 1 aliphatic rings. The number of hydrogen-bond donors (Lipinski definition) is 2. The summed E-state index contributed by atoms with van der Waals surface area (Å²) in [6.07, 6.45) is 4.18. The minimum Gasteiger partial charge on any atom is -0.417 e. The molecule has 2 N–H and O–H groups in total. The molecule has 1 saturated heterocycles. The lowest BCUT2D eigenvalue weighted by Gasteiger charge is -2.18. The van der Waals surface area contributed by atoms with Gasteiger partial charge in [-0.05, 0) is 13.3 Å². The fraction of sp³-hybridized carbons (Fsp3) is 0.467. The van der Waals surface area contributed by atoms with Gasteiger partial charge in [0.15, 0.2) is 17.3 Å². The van der Waals surface area contributed by atoms with E-state index in [0.717, 1.165) is 13.0 Å². The molecule has 0 saturated carbocycles. The van der Waals surface area contributed by atoms with E-state index in [2.05, 4.69) is 42.2 Å². The smallest absolute Gasteiger partial charge is 0.388 e. The summed E-state index contributed by atoms with van der Waals surface area (Å²) in [5.74, 6) is 0.940. The Balaban J connectivity index is 1.56. The molecule has 0 radical (unpaired) electrons. The number of alkyl halides is 2. The molecular formula is C15H17F2N7O2. The third-order valence-corrected chi connectivity index (χ3v) is 4.36. The van der Waals surface area contributed by atoms with Gasteiger partial charge in [0.1, 0.15) is 5.52 Å². The van der Waals surface area contributed by atoms with Crippen LogP contribution in [0.15, 0.2) is 18.5 Å². The first kappa shape index (κ1) is 16.6. The van der Waals surface area contributed by atoms with Crippen molar-refractivity contribution in [1.29, 1.82) is 0 Å². The van der Waals surface area contributed by atoms with Gasteiger partial charge in [0.2, 0.25) is 5.88 Å². The number of nitrogens with zero attached hydrogens (tertiary/aromatic N) is 5. The van der Waals surface area contributed by atoms with Gasteiger partial charge in [0.05, 0.1) is 25.0 Å². The maximum absolute atomic E-state index is 12.2. The molecule has 0 aromatic carbocycles. The van der Waals surface area contributed by atoms with Crippen LogP contribution in [0.25, 0.3) is 11.2 Å². The number of fused-ring (bicyclic) bond motifs is 1. The second kappa shape index (κ2) is 6.83. The van der Waals surface area contributed by atoms with E-state index in [1.54, 1.807) is 6.20 Å². The summed E-state index contributed by atoms with van der Waals surface area (Å²) in [5, 5.41) is 13.5. The van der Waals surface area contributed by atoms with Gasteiger partial charge in [-0.3, -0.25) is 0 Å². The Morgan fingerprint density at radius 3 is 3.04 bits per heavy atom. The summed E-state index contributed by atoms with van der Waals surface area (Å²) in [6.45, 7) is 0.618. The minimum atomic E-state index is -2.92. The van der Waals surface area contributed by atoms with Crippen molar-refractivity contribution in [2.24, 2.45) is 5.92 Å². The van der Waals surface area contributed by atoms with Gasteiger partial charge in [-0.15, -0.1) is 0 Å². The molecule has 11 heteroatoms. The van der Waals surface area contributed by atoms with E-state index in [-0.39, 0.29) is 17.7 Å². The van der Waals surface area contributed by atoms with Crippen molar-refractivity contribution in [3.8, 4) is 5.88 Å². The predicted octanol–water partition coefficient (Wildman–Crippen LogP) is 2.49. The zero-order valence-corrected chi connectivity index (χ0v) is 13.9. The van der Waals surface area contributed by atoms with Crippen LogP contribution in [0.2, 0.25) is 0 Å². The van der Waals surface area contributed by atoms with Crippen LogP contribution in [0.4, 0.5) is 20.4 Å². The van der Waals surface area contributed by atoms with Crippen molar-refractivity contribution in [1.82, 2.24) is 29.9 Å². The van der Waals surface area contributed by atoms with Gasteiger partial charge in [-0.25, -0.2) is 19.7 Å². The second-order valence-corrected chi connectivity index (χ2v) is 6.04. The van der Waals surface area contributed by atoms with Crippen LogP contribution in [0.3, 0.4) is 0 Å². The number of rotatable bonds is 6. The second-order valence-electron chi connectivity index (χ2n) is 6.04. The van der Waals surface area contributed by atoms with E-state index < -0.39 is 6.61 Å². The SMILES string of the molecule is C[C@H]([C@H]1CCOC1)n1ncc2ncc(Nc3cc(OC(F)F)[nH]n3)nc21. The summed E-state index contributed by atoms with van der Waals surface area (Å²) in [7, 11) is 0. The number of anilines is 2. The fourth-order valence-electron chi connectivity index (χ4n) is 2.97. The summed E-state index contributed by atoms with van der Waals surface area (Å²) < 4.78 is 36.0. The molecular weight excluding hydrogens is 348 g/mol. The molecule has 4 rings (SSSR count). The Bertz CT molecular complexity index is 891. The number of hydrogen-bond acceptors (Lipinski definition) is 7. The molecule has 0 aliphatic carbocycles. The van der Waals surface area contributed by atoms with Gasteiger partial charge in [-0.2, -0.15) is 19.0 Å². The summed E-state index contributed by atoms with van der Waals surface area (Å²) in [5.41, 5.74) is 1.30. The van der Waals surface area contributed by atoms with Gasteiger partial charge < -0.3 is 14.8 Å². The number of halogens is 2. The van der Waals surface area contributed by atoms with Gasteiger partial charge in [-0.1, -0.05) is 0 Å². The third kappa shape index (κ3) is 3.29. The topological polar surface area (TPSA) is 103 Å². The normalized spacial score (nSPS) is 18.5. The maximum Gasteiger partial charge on any atom is 0.388 e. The quantitative estimate of drug-likeness (QED) is 0.692. The maximum atomic E-state index is 12.2. The van der Waals surface area contributed by atoms with E-state index >= 15 is 0 Å². The molecule has 0 amide bonds. The summed E-state index contributed by atoms with van der Waals surface area (Å²) >= 11 is 0. The van der Waals surface area contributed by atoms with E-state index in [1.165, 1.54) is 12.3 Å². The molecule has 0 unspecified atom stereocenters. The molecule has 0 spiro atoms. The summed E-state index contributed by atoms with van der Waals surface area (Å²) in [4.78, 5) is 8.87. The molecule has 1 aliphatic heterocycles. The third-order valence-electron chi connectivity index (χ3n) is 4.36. The highest BCUT2D eigenvalue weighted by molar-refractivity contribution is 5.72. The van der Waals surface area contributed by atoms with Crippen LogP contribution < -0.4 is 10.1 Å². The monoisotopic (exact) mass is 365 g/mol. The highest BCUT2D eigenvalue weighted by atomic mass is 19.3. The van der Waals surface area contributed by atoms with Crippen molar-refractivity contribution in [2.75, 3.05) is 18.5 Å². The number of aromatic amines is 1. The molecule has 2 atom stereocenters. The van der Waals surface area contributed by atoms with Crippen LogP contribution in [0.1, 0.15) is 19.4 Å². The Morgan fingerprint density at radius 2 is 2.27 bits per heavy atom. The van der Waals surface area contributed by atoms with Crippen molar-refractivity contribution in [3.05, 3.63) is 18.5 Å². The Labute approximate surface area is 146 Å². The van der Waals surface area contributed by atoms with Gasteiger partial charge in [0, 0.05) is 18.6 Å². The minimum absolute atomic E-state index is 0.121. The highest BCUT2D eigenvalue weighted by Crippen LogP contribution is 2.28. The number of ether oxygens (including phenoxy) is 2. The van der Waals surface area contributed by atoms with Crippen LogP contribution in [0.5, 0.6) is 5.88 Å². The summed E-state index contributed by atoms with van der Waals surface area (Å²) in [6, 6.07) is 1.43. The van der Waals surface area contributed by atoms with Gasteiger partial charge >= 0.3 is 6.61 Å². The fourth-order valence-corrected chi connectivity index (χ4v) is 2.97. The highest BCUT2D eigenvalue weighted by Gasteiger charge is 2.26. The molecule has 9 nitrogen and oxygen atoms in total. The zero-order valence-electron chi connectivity index (χ0n) is 13.9. The lowest BCUT2D eigenvalue weighted by Crippen LogP contribution is -2.18. The lowest BCUT2D eigenvalue weighted by molar-refractivity contribution is -0.0528. The Morgan fingerprint density at radius 1 is 1.38 bits per heavy atom. The van der Waals surface area contributed by atoms with Crippen molar-refractivity contribution in [2.45, 2.75) is 26.0 Å². The largest absolute Gasteiger partial charge is 0.417 e. The Hall–Kier alpha value is -2.82. The van der Waals surface area contributed by atoms with E-state index in [0.29, 0.717) is 29.5 Å². The standard InChI is InChI=1S/C15H17F2N7O2/c1-8(9-2-3-25-7-9)24-14-10(5-19-24)18-6-12(21-14)20-11-4-13(23-22-11)26-15(16)17/h4-6,8-9,15H,2-3,7H2,1H3,(H2,20,21,22,23)/t8-,9+/m1/s1. The zero-order chi connectivity index (χ0) is 18.1. The van der Waals surface area contributed by atoms with Crippen molar-refractivity contribution < 1.29 is 18.3 Å². The van der Waals surface area contributed by atoms with Crippen LogP contribution >= 0.6 is 0 Å². The number of aromatic nitrogens is 6. The first-order valence-electron chi connectivity index (χ1n) is 8.15. The van der Waals surface area contributed by atoms with E-state index in [1.807, 2.05) is 4.68 Å². The van der Waals surface area contributed by atoms with Crippen molar-refractivity contribution >= 4 is 22.8 Å². The predicted molar refractivity (Wildman–Crippen MR) is 87.5 cm³/mol. The van der Waals surface area contributed by atoms with Crippen LogP contribution in [-0.4, -0.2) is 49.8 Å². The average molecular weight is 365 g/mol. The Kier molecular flexibility index (Phi) is 4.37. The van der Waals surface area contributed by atoms with E-state index in [4.69, 9.17) is 4.74 Å². The van der Waals surface area contributed by atoms with E-state index in [9.17, 15) is 8.78 Å². The number of nitrogens with one attached hydrogen (secondary N) is 2. The number of H-pyrrole nitrogens is 1. The van der Waals surface area contributed by atoms with Gasteiger partial charge in [0.25, 0.3) is 0 Å². The molecule has 1 fully saturated rings. The van der Waals surface area contributed by atoms with Crippen LogP contribution in [0, 0.1) is 5.92 Å². The molecule has 138 valence electrons. The first-order chi connectivity index (χ1) is 12.6. The molecule has 3 aromatic rings. The van der Waals surface area contributed by atoms with Crippen molar-refractivity contribution in [3.63, 3.8) is 0 Å². The lowest BCUT2D eigenvalue weighted by atomic mass is 10.0. The van der Waals surface area contributed by atoms with Crippen LogP contribution in [-0.2, 0) is 4.74 Å². The molecule has 3 aromatic heterocycles. The molecule has 4 heterocycles.